The van der Waals surface area contributed by atoms with E-state index in [2.05, 4.69) is 55.5 Å². The average molecular weight is 353 g/mol. The zero-order chi connectivity index (χ0) is 18.5. The van der Waals surface area contributed by atoms with Gasteiger partial charge in [0.2, 0.25) is 0 Å². The average Bonchev–Trinajstić information content (AvgIpc) is 2.75. The number of hydrogen-bond acceptors (Lipinski definition) is 3. The minimum absolute atomic E-state index is 0.0164. The van der Waals surface area contributed by atoms with E-state index in [9.17, 15) is 4.79 Å². The second-order valence-corrected chi connectivity index (χ2v) is 7.10. The summed E-state index contributed by atoms with van der Waals surface area (Å²) in [4.78, 5) is 12.7. The monoisotopic (exact) mass is 353 g/mol. The Balaban J connectivity index is 1.74. The van der Waals surface area contributed by atoms with E-state index >= 15 is 0 Å². The topological polar surface area (TPSA) is 49.8 Å². The molecule has 26 heavy (non-hydrogen) atoms. The molecule has 0 saturated heterocycles. The van der Waals surface area contributed by atoms with E-state index in [-0.39, 0.29) is 18.4 Å². The molecule has 0 fully saturated rings. The first-order chi connectivity index (χ1) is 12.6. The molecule has 0 spiro atoms. The molecule has 2 atom stereocenters. The maximum absolute atomic E-state index is 10.7. The van der Waals surface area contributed by atoms with Crippen molar-refractivity contribution in [2.24, 2.45) is 0 Å². The first-order valence-corrected chi connectivity index (χ1v) is 9.24. The van der Waals surface area contributed by atoms with Crippen molar-refractivity contribution in [1.29, 1.82) is 0 Å². The lowest BCUT2D eigenvalue weighted by molar-refractivity contribution is -0.137. The van der Waals surface area contributed by atoms with Crippen molar-refractivity contribution in [2.45, 2.75) is 31.8 Å². The molecule has 3 rings (SSSR count). The predicted molar refractivity (Wildman–Crippen MR) is 103 cm³/mol. The summed E-state index contributed by atoms with van der Waals surface area (Å²) in [5.41, 5.74) is 5.32. The Morgan fingerprint density at radius 1 is 1.08 bits per heavy atom. The third-order valence-corrected chi connectivity index (χ3v) is 5.22. The Morgan fingerprint density at radius 2 is 1.69 bits per heavy atom. The molecule has 2 aromatic rings. The van der Waals surface area contributed by atoms with Crippen LogP contribution in [-0.2, 0) is 16.0 Å². The summed E-state index contributed by atoms with van der Waals surface area (Å²) < 4.78 is 6.35. The summed E-state index contributed by atoms with van der Waals surface area (Å²) in [6.07, 6.45) is 1.12. The molecule has 0 aromatic heterocycles. The van der Waals surface area contributed by atoms with Gasteiger partial charge < -0.3 is 14.7 Å². The molecular weight excluding hydrogens is 326 g/mol. The van der Waals surface area contributed by atoms with E-state index in [1.807, 2.05) is 11.9 Å². The van der Waals surface area contributed by atoms with Crippen LogP contribution < -0.4 is 0 Å². The Hall–Kier alpha value is -2.17. The highest BCUT2D eigenvalue weighted by molar-refractivity contribution is 5.66. The van der Waals surface area contributed by atoms with E-state index in [1.54, 1.807) is 0 Å². The minimum Gasteiger partial charge on any atom is -0.481 e. The molecule has 0 aliphatic heterocycles. The summed E-state index contributed by atoms with van der Waals surface area (Å²) in [5.74, 6) is -0.486. The number of nitrogens with zero attached hydrogens (tertiary/aromatic N) is 1. The number of rotatable bonds is 7. The molecule has 4 nitrogen and oxygen atoms in total. The molecule has 1 aliphatic rings. The molecule has 0 saturated carbocycles. The Labute approximate surface area is 155 Å². The molecule has 2 aromatic carbocycles. The van der Waals surface area contributed by atoms with Crippen LogP contribution in [-0.4, -0.2) is 42.7 Å². The number of fused-ring (bicyclic) bond motifs is 2. The van der Waals surface area contributed by atoms with E-state index in [1.165, 1.54) is 22.3 Å². The van der Waals surface area contributed by atoms with E-state index in [0.717, 1.165) is 13.0 Å². The van der Waals surface area contributed by atoms with Gasteiger partial charge in [-0.15, -0.1) is 0 Å². The number of aliphatic carboxylic acids is 1. The Morgan fingerprint density at radius 3 is 2.38 bits per heavy atom. The third-order valence-electron chi connectivity index (χ3n) is 5.22. The van der Waals surface area contributed by atoms with Crippen molar-refractivity contribution >= 4 is 5.97 Å². The minimum atomic E-state index is -0.763. The van der Waals surface area contributed by atoms with Crippen LogP contribution in [0.5, 0.6) is 0 Å². The number of hydrogen-bond donors (Lipinski definition) is 1. The predicted octanol–water partition coefficient (Wildman–Crippen LogP) is 3.86. The number of carbonyl (C=O) groups is 1. The van der Waals surface area contributed by atoms with Gasteiger partial charge in [-0.1, -0.05) is 55.5 Å². The van der Waals surface area contributed by atoms with Crippen molar-refractivity contribution < 1.29 is 14.6 Å². The number of carboxylic acid groups (broad SMARTS) is 1. The molecule has 138 valence electrons. The van der Waals surface area contributed by atoms with Gasteiger partial charge in [0.1, 0.15) is 0 Å². The quantitative estimate of drug-likeness (QED) is 0.821. The van der Waals surface area contributed by atoms with Gasteiger partial charge in [0.15, 0.2) is 0 Å². The van der Waals surface area contributed by atoms with Gasteiger partial charge in [0.25, 0.3) is 0 Å². The van der Waals surface area contributed by atoms with Gasteiger partial charge in [-0.05, 0) is 35.7 Å². The zero-order valence-corrected chi connectivity index (χ0v) is 15.5. The molecule has 2 unspecified atom stereocenters. The number of benzene rings is 2. The van der Waals surface area contributed by atoms with Crippen LogP contribution in [0.1, 0.15) is 47.6 Å². The standard InChI is InChI=1S/C22H27NO3/c1-16-19-9-5-3-7-17(19)15-18-8-4-6-10-20(18)22(16)26-14-13-23(2)12-11-21(24)25/h3-10,16,22H,11-15H2,1-2H3,(H,24,25). The number of carboxylic acids is 1. The SMILES string of the molecule is CC1c2ccccc2Cc2ccccc2C1OCCN(C)CCC(=O)O. The summed E-state index contributed by atoms with van der Waals surface area (Å²) >= 11 is 0. The lowest BCUT2D eigenvalue weighted by Crippen LogP contribution is -2.27. The highest BCUT2D eigenvalue weighted by Crippen LogP contribution is 2.40. The first-order valence-electron chi connectivity index (χ1n) is 9.24. The molecule has 4 heteroatoms. The van der Waals surface area contributed by atoms with E-state index < -0.39 is 5.97 Å². The summed E-state index contributed by atoms with van der Waals surface area (Å²) in [6.45, 7) is 4.08. The first kappa shape index (κ1) is 18.6. The normalized spacial score (nSPS) is 18.9. The molecule has 0 heterocycles. The van der Waals surface area contributed by atoms with E-state index in [4.69, 9.17) is 9.84 Å². The van der Waals surface area contributed by atoms with Gasteiger partial charge in [0.05, 0.1) is 19.1 Å². The maximum atomic E-state index is 10.7. The van der Waals surface area contributed by atoms with Crippen LogP contribution in [0.25, 0.3) is 0 Å². The van der Waals surface area contributed by atoms with Crippen molar-refractivity contribution in [2.75, 3.05) is 26.7 Å². The van der Waals surface area contributed by atoms with Gasteiger partial charge in [0, 0.05) is 19.0 Å². The summed E-state index contributed by atoms with van der Waals surface area (Å²) in [5, 5.41) is 8.80. The fourth-order valence-corrected chi connectivity index (χ4v) is 3.72. The highest BCUT2D eigenvalue weighted by atomic mass is 16.5. The van der Waals surface area contributed by atoms with Crippen molar-refractivity contribution in [3.05, 3.63) is 70.8 Å². The molecule has 0 radical (unpaired) electrons. The maximum Gasteiger partial charge on any atom is 0.304 e. The van der Waals surface area contributed by atoms with Crippen LogP contribution >= 0.6 is 0 Å². The second-order valence-electron chi connectivity index (χ2n) is 7.10. The largest absolute Gasteiger partial charge is 0.481 e. The van der Waals surface area contributed by atoms with Crippen LogP contribution in [0, 0.1) is 0 Å². The Bertz CT molecular complexity index is 759. The van der Waals surface area contributed by atoms with Crippen LogP contribution in [0.2, 0.25) is 0 Å². The molecule has 0 bridgehead atoms. The highest BCUT2D eigenvalue weighted by Gasteiger charge is 2.28. The Kier molecular flexibility index (Phi) is 6.07. The fourth-order valence-electron chi connectivity index (χ4n) is 3.72. The molecule has 1 N–H and O–H groups in total. The van der Waals surface area contributed by atoms with Gasteiger partial charge in [-0.25, -0.2) is 0 Å². The smallest absolute Gasteiger partial charge is 0.304 e. The lowest BCUT2D eigenvalue weighted by atomic mass is 9.90. The molecule has 1 aliphatic carbocycles. The van der Waals surface area contributed by atoms with E-state index in [0.29, 0.717) is 13.2 Å². The molecular formula is C22H27NO3. The van der Waals surface area contributed by atoms with Gasteiger partial charge >= 0.3 is 5.97 Å². The summed E-state index contributed by atoms with van der Waals surface area (Å²) in [6, 6.07) is 17.2. The fraction of sp³-hybridized carbons (Fsp3) is 0.409. The van der Waals surface area contributed by atoms with Crippen molar-refractivity contribution in [1.82, 2.24) is 4.90 Å². The zero-order valence-electron chi connectivity index (χ0n) is 15.5. The lowest BCUT2D eigenvalue weighted by Gasteiger charge is -2.26. The third kappa shape index (κ3) is 4.32. The van der Waals surface area contributed by atoms with Crippen molar-refractivity contribution in [3.63, 3.8) is 0 Å². The number of ether oxygens (including phenoxy) is 1. The van der Waals surface area contributed by atoms with Crippen LogP contribution in [0.4, 0.5) is 0 Å². The number of likely N-dealkylation sites (N-methyl/N-ethyl adjacent to an activating group) is 1. The summed E-state index contributed by atoms with van der Waals surface area (Å²) in [7, 11) is 1.94. The van der Waals surface area contributed by atoms with Crippen LogP contribution in [0.15, 0.2) is 48.5 Å². The van der Waals surface area contributed by atoms with Crippen molar-refractivity contribution in [3.8, 4) is 0 Å². The van der Waals surface area contributed by atoms with Gasteiger partial charge in [-0.3, -0.25) is 4.79 Å². The second kappa shape index (κ2) is 8.47. The van der Waals surface area contributed by atoms with Crippen LogP contribution in [0.3, 0.4) is 0 Å². The molecule has 0 amide bonds. The van der Waals surface area contributed by atoms with Gasteiger partial charge in [-0.2, -0.15) is 0 Å².